The van der Waals surface area contributed by atoms with Crippen LogP contribution >= 0.6 is 11.3 Å². The number of nitrogens with zero attached hydrogens (tertiary/aromatic N) is 2. The Balaban J connectivity index is 1.79. The Labute approximate surface area is 98.7 Å². The molecule has 0 radical (unpaired) electrons. The average molecular weight is 237 g/mol. The van der Waals surface area contributed by atoms with Gasteiger partial charge >= 0.3 is 0 Å². The molecule has 4 nitrogen and oxygen atoms in total. The Morgan fingerprint density at radius 1 is 1.44 bits per heavy atom. The van der Waals surface area contributed by atoms with Crippen molar-refractivity contribution in [1.29, 1.82) is 0 Å². The highest BCUT2D eigenvalue weighted by atomic mass is 32.1. The first-order valence-corrected chi connectivity index (χ1v) is 6.16. The van der Waals surface area contributed by atoms with E-state index in [1.54, 1.807) is 11.3 Å². The first-order valence-electron chi connectivity index (χ1n) is 5.34. The van der Waals surface area contributed by atoms with Crippen LogP contribution in [0.3, 0.4) is 0 Å². The predicted octanol–water partition coefficient (Wildman–Crippen LogP) is 2.29. The number of rotatable bonds is 5. The fourth-order valence-corrected chi connectivity index (χ4v) is 2.23. The van der Waals surface area contributed by atoms with Gasteiger partial charge in [-0.1, -0.05) is 12.1 Å². The van der Waals surface area contributed by atoms with Crippen LogP contribution in [-0.4, -0.2) is 10.1 Å². The molecule has 0 aromatic carbocycles. The molecule has 0 fully saturated rings. The first kappa shape index (κ1) is 11.3. The first-order chi connectivity index (χ1) is 7.78. The van der Waals surface area contributed by atoms with E-state index in [9.17, 15) is 0 Å². The maximum absolute atomic E-state index is 5.10. The standard InChI is InChI=1S/C11H15N3OS/c1-3-11-13-7-10(16-11)6-12-5-9-4-8(2)14-15-9/h4,7,12H,3,5-6H2,1-2H3. The fraction of sp³-hybridized carbons (Fsp3) is 0.455. The van der Waals surface area contributed by atoms with E-state index < -0.39 is 0 Å². The van der Waals surface area contributed by atoms with Crippen molar-refractivity contribution < 1.29 is 4.52 Å². The Morgan fingerprint density at radius 2 is 2.31 bits per heavy atom. The summed E-state index contributed by atoms with van der Waals surface area (Å²) < 4.78 is 5.10. The van der Waals surface area contributed by atoms with Crippen LogP contribution in [0.15, 0.2) is 16.8 Å². The molecule has 0 saturated carbocycles. The van der Waals surface area contributed by atoms with Crippen LogP contribution in [0, 0.1) is 6.92 Å². The molecule has 0 aliphatic rings. The van der Waals surface area contributed by atoms with Crippen molar-refractivity contribution >= 4 is 11.3 Å². The van der Waals surface area contributed by atoms with Crippen LogP contribution in [0.2, 0.25) is 0 Å². The van der Waals surface area contributed by atoms with E-state index in [0.29, 0.717) is 6.54 Å². The largest absolute Gasteiger partial charge is 0.360 e. The summed E-state index contributed by atoms with van der Waals surface area (Å²) in [4.78, 5) is 5.56. The second-order valence-electron chi connectivity index (χ2n) is 3.61. The molecular formula is C11H15N3OS. The van der Waals surface area contributed by atoms with Gasteiger partial charge in [0.2, 0.25) is 0 Å². The van der Waals surface area contributed by atoms with Crippen LogP contribution in [0.4, 0.5) is 0 Å². The molecule has 86 valence electrons. The Morgan fingerprint density at radius 3 is 2.94 bits per heavy atom. The van der Waals surface area contributed by atoms with Crippen LogP contribution in [-0.2, 0) is 19.5 Å². The topological polar surface area (TPSA) is 51.0 Å². The monoisotopic (exact) mass is 237 g/mol. The van der Waals surface area contributed by atoms with E-state index in [-0.39, 0.29) is 0 Å². The maximum atomic E-state index is 5.10. The summed E-state index contributed by atoms with van der Waals surface area (Å²) >= 11 is 1.75. The van der Waals surface area contributed by atoms with Crippen molar-refractivity contribution in [3.63, 3.8) is 0 Å². The van der Waals surface area contributed by atoms with E-state index in [4.69, 9.17) is 4.52 Å². The molecule has 2 heterocycles. The van der Waals surface area contributed by atoms with Crippen LogP contribution in [0.25, 0.3) is 0 Å². The highest BCUT2D eigenvalue weighted by molar-refractivity contribution is 7.11. The smallest absolute Gasteiger partial charge is 0.150 e. The minimum absolute atomic E-state index is 0.709. The molecule has 2 rings (SSSR count). The van der Waals surface area contributed by atoms with Crippen LogP contribution < -0.4 is 5.32 Å². The maximum Gasteiger partial charge on any atom is 0.150 e. The lowest BCUT2D eigenvalue weighted by Crippen LogP contribution is -2.11. The molecule has 0 aliphatic heterocycles. The van der Waals surface area contributed by atoms with Gasteiger partial charge in [0.05, 0.1) is 17.2 Å². The second-order valence-corrected chi connectivity index (χ2v) is 4.81. The SMILES string of the molecule is CCc1ncc(CNCc2cc(C)no2)s1. The van der Waals surface area contributed by atoms with Crippen molar-refractivity contribution in [2.75, 3.05) is 0 Å². The van der Waals surface area contributed by atoms with Gasteiger partial charge in [0, 0.05) is 23.7 Å². The minimum atomic E-state index is 0.709. The van der Waals surface area contributed by atoms with E-state index in [1.807, 2.05) is 19.2 Å². The molecule has 5 heteroatoms. The summed E-state index contributed by atoms with van der Waals surface area (Å²) in [5.74, 6) is 0.873. The normalized spacial score (nSPS) is 10.9. The number of aromatic nitrogens is 2. The summed E-state index contributed by atoms with van der Waals surface area (Å²) in [6.45, 7) is 5.58. The zero-order chi connectivity index (χ0) is 11.4. The van der Waals surface area contributed by atoms with Gasteiger partial charge in [-0.05, 0) is 13.3 Å². The molecule has 0 amide bonds. The highest BCUT2D eigenvalue weighted by Gasteiger charge is 2.02. The van der Waals surface area contributed by atoms with Gasteiger partial charge in [-0.2, -0.15) is 0 Å². The quantitative estimate of drug-likeness (QED) is 0.867. The molecule has 0 atom stereocenters. The third-order valence-electron chi connectivity index (χ3n) is 2.18. The summed E-state index contributed by atoms with van der Waals surface area (Å²) in [6, 6.07) is 1.94. The molecule has 2 aromatic rings. The zero-order valence-corrected chi connectivity index (χ0v) is 10.3. The second kappa shape index (κ2) is 5.23. The van der Waals surface area contributed by atoms with E-state index in [1.165, 1.54) is 9.88 Å². The molecule has 0 saturated heterocycles. The molecule has 0 bridgehead atoms. The molecule has 0 unspecified atom stereocenters. The van der Waals surface area contributed by atoms with Crippen molar-refractivity contribution in [1.82, 2.24) is 15.5 Å². The molecular weight excluding hydrogens is 222 g/mol. The third-order valence-corrected chi connectivity index (χ3v) is 3.32. The summed E-state index contributed by atoms with van der Waals surface area (Å²) in [6.07, 6.45) is 2.94. The number of thiazole rings is 1. The van der Waals surface area contributed by atoms with Gasteiger partial charge < -0.3 is 9.84 Å². The number of hydrogen-bond acceptors (Lipinski definition) is 5. The molecule has 0 spiro atoms. The van der Waals surface area contributed by atoms with Crippen LogP contribution in [0.5, 0.6) is 0 Å². The molecule has 1 N–H and O–H groups in total. The highest BCUT2D eigenvalue weighted by Crippen LogP contribution is 2.13. The van der Waals surface area contributed by atoms with Gasteiger partial charge in [0.15, 0.2) is 5.76 Å². The average Bonchev–Trinajstić information content (AvgIpc) is 2.88. The molecule has 2 aromatic heterocycles. The number of nitrogens with one attached hydrogen (secondary N) is 1. The van der Waals surface area contributed by atoms with Crippen LogP contribution in [0.1, 0.15) is 28.3 Å². The molecule has 16 heavy (non-hydrogen) atoms. The lowest BCUT2D eigenvalue weighted by molar-refractivity contribution is 0.369. The minimum Gasteiger partial charge on any atom is -0.360 e. The van der Waals surface area contributed by atoms with Crippen molar-refractivity contribution in [3.05, 3.63) is 33.6 Å². The number of hydrogen-bond donors (Lipinski definition) is 1. The van der Waals surface area contributed by atoms with Crippen molar-refractivity contribution in [3.8, 4) is 0 Å². The number of aryl methyl sites for hydroxylation is 2. The Kier molecular flexibility index (Phi) is 3.69. The predicted molar refractivity (Wildman–Crippen MR) is 63.3 cm³/mol. The molecule has 0 aliphatic carbocycles. The van der Waals surface area contributed by atoms with Gasteiger partial charge in [-0.15, -0.1) is 11.3 Å². The fourth-order valence-electron chi connectivity index (χ4n) is 1.40. The third kappa shape index (κ3) is 2.90. The Hall–Kier alpha value is -1.20. The van der Waals surface area contributed by atoms with Gasteiger partial charge in [-0.3, -0.25) is 0 Å². The van der Waals surface area contributed by atoms with Crippen molar-refractivity contribution in [2.24, 2.45) is 0 Å². The van der Waals surface area contributed by atoms with Gasteiger partial charge in [0.1, 0.15) is 0 Å². The van der Waals surface area contributed by atoms with E-state index in [0.717, 1.165) is 24.4 Å². The summed E-state index contributed by atoms with van der Waals surface area (Å²) in [7, 11) is 0. The van der Waals surface area contributed by atoms with Gasteiger partial charge in [-0.25, -0.2) is 4.98 Å². The lowest BCUT2D eigenvalue weighted by atomic mass is 10.4. The van der Waals surface area contributed by atoms with E-state index >= 15 is 0 Å². The lowest BCUT2D eigenvalue weighted by Gasteiger charge is -1.97. The van der Waals surface area contributed by atoms with Crippen molar-refractivity contribution in [2.45, 2.75) is 33.4 Å². The zero-order valence-electron chi connectivity index (χ0n) is 9.49. The Bertz CT molecular complexity index is 450. The van der Waals surface area contributed by atoms with E-state index in [2.05, 4.69) is 22.4 Å². The summed E-state index contributed by atoms with van der Waals surface area (Å²) in [5, 5.41) is 8.33. The van der Waals surface area contributed by atoms with Gasteiger partial charge in [0.25, 0.3) is 0 Å². The summed E-state index contributed by atoms with van der Waals surface area (Å²) in [5.41, 5.74) is 0.919.